The molecule has 0 amide bonds. The smallest absolute Gasteiger partial charge is 0.0938 e. The van der Waals surface area contributed by atoms with Crippen molar-refractivity contribution in [2.45, 2.75) is 50.1 Å². The molecule has 5 N–H and O–H groups in total. The van der Waals surface area contributed by atoms with Crippen LogP contribution in [-0.4, -0.2) is 115 Å². The van der Waals surface area contributed by atoms with Crippen LogP contribution in [0.1, 0.15) is 24.0 Å². The van der Waals surface area contributed by atoms with Crippen LogP contribution in [0.5, 0.6) is 0 Å². The molecule has 12 heteroatoms. The van der Waals surface area contributed by atoms with Crippen molar-refractivity contribution >= 4 is 66.9 Å². The standard InChI is InChI=1S/C17H23NO3S.C13H15ClOS.C4H9NO2.ClH/c19-15-11-18(12-16(15)20)6-1-7-21-8-4-13-2-3-17-14(10-13)5-9-22-17;14-6-1-7-15-8-4-11-2-3-13-12(10-11)5-9-16-13;6-3-1-5-2-4(3)7;/h2-3,5,9-10,15-16,19-20H,1,4,6-8,11-12H2;2-3,5,9-10H,1,4,6-8H2;3-7H,1-2H2;1H/t15-,16+;;3-,4+;. The quantitative estimate of drug-likeness (QED) is 0.100. The fraction of sp³-hybridized carbons (Fsp3) is 0.529. The number of alkyl halides is 1. The van der Waals surface area contributed by atoms with Gasteiger partial charge in [-0.3, -0.25) is 4.90 Å². The highest BCUT2D eigenvalue weighted by molar-refractivity contribution is 7.17. The Kier molecular flexibility index (Phi) is 18.3. The first-order valence-corrected chi connectivity index (χ1v) is 18.0. The number of β-amino-alcohol motifs (C(OH)–C–C–N with tert-alkyl or cyclic N) is 4. The number of nitrogens with one attached hydrogen (secondary N) is 1. The third kappa shape index (κ3) is 13.3. The predicted octanol–water partition coefficient (Wildman–Crippen LogP) is 4.71. The average Bonchev–Trinajstić information content (AvgIpc) is 3.84. The van der Waals surface area contributed by atoms with Gasteiger partial charge in [0.2, 0.25) is 0 Å². The van der Waals surface area contributed by atoms with E-state index in [1.165, 1.54) is 31.3 Å². The number of hydrogen-bond donors (Lipinski definition) is 5. The van der Waals surface area contributed by atoms with E-state index in [0.29, 0.717) is 32.1 Å². The summed E-state index contributed by atoms with van der Waals surface area (Å²) in [6.45, 7) is 6.09. The van der Waals surface area contributed by atoms with Gasteiger partial charge in [-0.1, -0.05) is 24.3 Å². The summed E-state index contributed by atoms with van der Waals surface area (Å²) >= 11 is 9.13. The Balaban J connectivity index is 0.000000210. The highest BCUT2D eigenvalue weighted by atomic mass is 35.5. The van der Waals surface area contributed by atoms with E-state index in [0.717, 1.165) is 58.7 Å². The molecule has 256 valence electrons. The molecule has 0 bridgehead atoms. The van der Waals surface area contributed by atoms with Crippen molar-refractivity contribution in [3.63, 3.8) is 0 Å². The number of benzene rings is 2. The molecule has 2 fully saturated rings. The maximum Gasteiger partial charge on any atom is 0.0938 e. The molecule has 0 radical (unpaired) electrons. The van der Waals surface area contributed by atoms with Crippen molar-refractivity contribution in [1.29, 1.82) is 0 Å². The van der Waals surface area contributed by atoms with Crippen LogP contribution in [0.25, 0.3) is 20.2 Å². The lowest BCUT2D eigenvalue weighted by atomic mass is 10.1. The summed E-state index contributed by atoms with van der Waals surface area (Å²) in [7, 11) is 0. The van der Waals surface area contributed by atoms with Crippen molar-refractivity contribution in [1.82, 2.24) is 10.2 Å². The largest absolute Gasteiger partial charge is 0.389 e. The van der Waals surface area contributed by atoms with Crippen molar-refractivity contribution in [2.75, 3.05) is 65.0 Å². The van der Waals surface area contributed by atoms with Crippen LogP contribution in [0.4, 0.5) is 0 Å². The second kappa shape index (κ2) is 21.6. The van der Waals surface area contributed by atoms with E-state index >= 15 is 0 Å². The molecule has 0 saturated carbocycles. The number of hydrogen-bond acceptors (Lipinski definition) is 10. The molecule has 2 aliphatic heterocycles. The lowest BCUT2D eigenvalue weighted by Crippen LogP contribution is -2.24. The Labute approximate surface area is 291 Å². The molecule has 2 aromatic heterocycles. The van der Waals surface area contributed by atoms with E-state index < -0.39 is 24.4 Å². The molecule has 0 unspecified atom stereocenters. The summed E-state index contributed by atoms with van der Waals surface area (Å²) in [5.41, 5.74) is 2.66. The van der Waals surface area contributed by atoms with E-state index in [9.17, 15) is 10.2 Å². The normalized spacial score (nSPS) is 21.1. The number of aliphatic hydroxyl groups is 4. The van der Waals surface area contributed by atoms with Crippen molar-refractivity contribution in [3.05, 3.63) is 70.4 Å². The van der Waals surface area contributed by atoms with Crippen LogP contribution >= 0.6 is 46.7 Å². The zero-order valence-corrected chi connectivity index (χ0v) is 29.3. The van der Waals surface area contributed by atoms with E-state index in [1.807, 2.05) is 0 Å². The van der Waals surface area contributed by atoms with Gasteiger partial charge in [0.25, 0.3) is 0 Å². The molecule has 8 nitrogen and oxygen atoms in total. The molecule has 4 heterocycles. The monoisotopic (exact) mass is 714 g/mol. The number of likely N-dealkylation sites (tertiary alicyclic amines) is 1. The topological polar surface area (TPSA) is 115 Å². The van der Waals surface area contributed by atoms with E-state index in [2.05, 4.69) is 69.5 Å². The zero-order valence-electron chi connectivity index (χ0n) is 26.1. The zero-order chi connectivity index (χ0) is 31.9. The van der Waals surface area contributed by atoms with Crippen LogP contribution in [0, 0.1) is 0 Å². The Bertz CT molecular complexity index is 1370. The molecular formula is C34H48Cl2N2O6S2. The van der Waals surface area contributed by atoms with Gasteiger partial charge in [0, 0.05) is 61.2 Å². The lowest BCUT2D eigenvalue weighted by molar-refractivity contribution is 0.0572. The number of halogens is 2. The fourth-order valence-electron chi connectivity index (χ4n) is 5.15. The van der Waals surface area contributed by atoms with Gasteiger partial charge < -0.3 is 35.2 Å². The molecule has 2 aromatic carbocycles. The third-order valence-corrected chi connectivity index (χ3v) is 9.84. The molecule has 2 saturated heterocycles. The minimum Gasteiger partial charge on any atom is -0.389 e. The van der Waals surface area contributed by atoms with Crippen LogP contribution in [-0.2, 0) is 22.3 Å². The minimum absolute atomic E-state index is 0. The average molecular weight is 716 g/mol. The summed E-state index contributed by atoms with van der Waals surface area (Å²) in [6, 6.07) is 17.5. The third-order valence-electron chi connectivity index (χ3n) is 7.77. The molecular weight excluding hydrogens is 667 g/mol. The van der Waals surface area contributed by atoms with Crippen molar-refractivity contribution in [2.24, 2.45) is 0 Å². The Morgan fingerprint density at radius 2 is 1.20 bits per heavy atom. The van der Waals surface area contributed by atoms with E-state index in [1.54, 1.807) is 22.7 Å². The molecule has 0 aliphatic carbocycles. The first kappa shape index (κ1) is 39.1. The highest BCUT2D eigenvalue weighted by Crippen LogP contribution is 2.23. The van der Waals surface area contributed by atoms with Crippen LogP contribution in [0.3, 0.4) is 0 Å². The number of rotatable bonds is 13. The lowest BCUT2D eigenvalue weighted by Gasteiger charge is -2.14. The van der Waals surface area contributed by atoms with E-state index in [4.69, 9.17) is 31.3 Å². The summed E-state index contributed by atoms with van der Waals surface area (Å²) in [6.07, 6.45) is 1.52. The summed E-state index contributed by atoms with van der Waals surface area (Å²) < 4.78 is 13.9. The SMILES string of the molecule is Cl.ClCCCOCCc1ccc2sccc2c1.O[C@@H]1CN(CCCOCCc2ccc3sccc3c2)C[C@@H]1O.O[C@@H]1CNC[C@@H]1O. The summed E-state index contributed by atoms with van der Waals surface area (Å²) in [4.78, 5) is 2.09. The summed E-state index contributed by atoms with van der Waals surface area (Å²) in [5.74, 6) is 0.681. The second-order valence-electron chi connectivity index (χ2n) is 11.4. The van der Waals surface area contributed by atoms with Gasteiger partial charge in [0.1, 0.15) is 0 Å². The summed E-state index contributed by atoms with van der Waals surface area (Å²) in [5, 5.41) is 46.0. The first-order chi connectivity index (χ1) is 21.9. The molecule has 6 rings (SSSR count). The maximum absolute atomic E-state index is 9.47. The van der Waals surface area contributed by atoms with Crippen molar-refractivity contribution < 1.29 is 29.9 Å². The fourth-order valence-corrected chi connectivity index (χ4v) is 6.81. The van der Waals surface area contributed by atoms with Gasteiger partial charge >= 0.3 is 0 Å². The molecule has 2 aliphatic rings. The van der Waals surface area contributed by atoms with Gasteiger partial charge in [0.15, 0.2) is 0 Å². The van der Waals surface area contributed by atoms with Gasteiger partial charge in [0.05, 0.1) is 37.6 Å². The van der Waals surface area contributed by atoms with Crippen LogP contribution < -0.4 is 5.32 Å². The second-order valence-corrected chi connectivity index (χ2v) is 13.7. The number of thiophene rings is 2. The first-order valence-electron chi connectivity index (χ1n) is 15.7. The van der Waals surface area contributed by atoms with Gasteiger partial charge in [-0.2, -0.15) is 0 Å². The Hall–Kier alpha value is -1.38. The van der Waals surface area contributed by atoms with Gasteiger partial charge in [-0.05, 0) is 82.6 Å². The minimum atomic E-state index is -0.590. The number of aliphatic hydroxyl groups excluding tert-OH is 4. The highest BCUT2D eigenvalue weighted by Gasteiger charge is 2.28. The predicted molar refractivity (Wildman–Crippen MR) is 193 cm³/mol. The molecule has 4 aromatic rings. The number of fused-ring (bicyclic) bond motifs is 2. The Morgan fingerprint density at radius 3 is 1.65 bits per heavy atom. The number of ether oxygens (including phenoxy) is 2. The van der Waals surface area contributed by atoms with E-state index in [-0.39, 0.29) is 12.4 Å². The molecule has 46 heavy (non-hydrogen) atoms. The van der Waals surface area contributed by atoms with Gasteiger partial charge in [-0.25, -0.2) is 0 Å². The Morgan fingerprint density at radius 1 is 0.696 bits per heavy atom. The van der Waals surface area contributed by atoms with Crippen LogP contribution in [0.2, 0.25) is 0 Å². The number of nitrogens with zero attached hydrogens (tertiary/aromatic N) is 1. The molecule has 4 atom stereocenters. The molecule has 0 spiro atoms. The van der Waals surface area contributed by atoms with Gasteiger partial charge in [-0.15, -0.1) is 46.7 Å². The maximum atomic E-state index is 9.47. The van der Waals surface area contributed by atoms with Crippen LogP contribution in [0.15, 0.2) is 59.3 Å². The van der Waals surface area contributed by atoms with Crippen molar-refractivity contribution in [3.8, 4) is 0 Å².